The van der Waals surface area contributed by atoms with Crippen LogP contribution >= 0.6 is 0 Å². The number of amides is 1. The molecule has 1 amide bonds. The molecule has 0 spiro atoms. The maximum atomic E-state index is 11.8. The first kappa shape index (κ1) is 14.1. The molecule has 0 fully saturated rings. The fourth-order valence-electron chi connectivity index (χ4n) is 1.21. The number of rotatable bonds is 5. The van der Waals surface area contributed by atoms with Crippen LogP contribution in [-0.4, -0.2) is 53.5 Å². The van der Waals surface area contributed by atoms with Crippen molar-refractivity contribution in [1.29, 1.82) is 0 Å². The van der Waals surface area contributed by atoms with E-state index >= 15 is 0 Å². The topological polar surface area (TPSA) is 82.5 Å². The largest absolute Gasteiger partial charge is 0.477 e. The fraction of sp³-hybridized carbons (Fsp3) is 0.417. The van der Waals surface area contributed by atoms with Crippen LogP contribution in [0.25, 0.3) is 0 Å². The van der Waals surface area contributed by atoms with Crippen LogP contribution in [0.2, 0.25) is 0 Å². The third-order valence-electron chi connectivity index (χ3n) is 2.68. The zero-order valence-electron chi connectivity index (χ0n) is 10.7. The Labute approximate surface area is 106 Å². The zero-order chi connectivity index (χ0) is 13.7. The fourth-order valence-corrected chi connectivity index (χ4v) is 1.21. The molecule has 0 saturated heterocycles. The molecule has 0 bridgehead atoms. The van der Waals surface area contributed by atoms with Crippen LogP contribution in [0.15, 0.2) is 18.3 Å². The van der Waals surface area contributed by atoms with E-state index < -0.39 is 5.97 Å². The summed E-state index contributed by atoms with van der Waals surface area (Å²) in [5, 5.41) is 11.5. The number of carboxylic acid groups (broad SMARTS) is 1. The van der Waals surface area contributed by atoms with Gasteiger partial charge in [0.1, 0.15) is 5.69 Å². The number of aromatic carboxylic acids is 1. The highest BCUT2D eigenvalue weighted by Crippen LogP contribution is 2.02. The predicted octanol–water partition coefficient (Wildman–Crippen LogP) is 0.460. The molecule has 0 radical (unpaired) electrons. The highest BCUT2D eigenvalue weighted by atomic mass is 16.4. The van der Waals surface area contributed by atoms with Crippen molar-refractivity contribution < 1.29 is 14.7 Å². The van der Waals surface area contributed by atoms with Gasteiger partial charge < -0.3 is 15.3 Å². The van der Waals surface area contributed by atoms with E-state index in [1.54, 1.807) is 0 Å². The van der Waals surface area contributed by atoms with E-state index in [-0.39, 0.29) is 17.6 Å². The van der Waals surface area contributed by atoms with Crippen LogP contribution in [-0.2, 0) is 0 Å². The number of aromatic nitrogens is 1. The summed E-state index contributed by atoms with van der Waals surface area (Å²) in [6.07, 6.45) is 1.31. The average Bonchev–Trinajstić information content (AvgIpc) is 2.35. The van der Waals surface area contributed by atoms with E-state index in [0.29, 0.717) is 12.1 Å². The summed E-state index contributed by atoms with van der Waals surface area (Å²) in [7, 11) is 3.84. The second-order valence-electron chi connectivity index (χ2n) is 4.26. The molecule has 0 aromatic carbocycles. The molecule has 0 saturated carbocycles. The zero-order valence-corrected chi connectivity index (χ0v) is 10.7. The lowest BCUT2D eigenvalue weighted by molar-refractivity contribution is 0.0690. The van der Waals surface area contributed by atoms with Crippen LogP contribution in [0.3, 0.4) is 0 Å². The quantitative estimate of drug-likeness (QED) is 0.794. The summed E-state index contributed by atoms with van der Waals surface area (Å²) in [6, 6.07) is 2.95. The SMILES string of the molecule is CC(CNC(=O)c1ccnc(C(=O)O)c1)N(C)C. The average molecular weight is 251 g/mol. The monoisotopic (exact) mass is 251 g/mol. The first-order valence-electron chi connectivity index (χ1n) is 5.55. The number of carboxylic acids is 1. The second-order valence-corrected chi connectivity index (χ2v) is 4.26. The molecule has 1 rings (SSSR count). The highest BCUT2D eigenvalue weighted by molar-refractivity contribution is 5.96. The lowest BCUT2D eigenvalue weighted by atomic mass is 10.2. The number of nitrogens with zero attached hydrogens (tertiary/aromatic N) is 2. The number of carbonyl (C=O) groups excluding carboxylic acids is 1. The Hall–Kier alpha value is -1.95. The number of carbonyl (C=O) groups is 2. The predicted molar refractivity (Wildman–Crippen MR) is 66.7 cm³/mol. The van der Waals surface area contributed by atoms with Gasteiger partial charge in [0.2, 0.25) is 0 Å². The van der Waals surface area contributed by atoms with Gasteiger partial charge in [-0.15, -0.1) is 0 Å². The Bertz CT molecular complexity index is 446. The summed E-state index contributed by atoms with van der Waals surface area (Å²) >= 11 is 0. The third kappa shape index (κ3) is 3.81. The van der Waals surface area contributed by atoms with Crippen LogP contribution in [0.5, 0.6) is 0 Å². The minimum Gasteiger partial charge on any atom is -0.477 e. The molecule has 1 aromatic rings. The molecular weight excluding hydrogens is 234 g/mol. The molecule has 1 aromatic heterocycles. The Kier molecular flexibility index (Phi) is 4.79. The lowest BCUT2D eigenvalue weighted by Crippen LogP contribution is -2.38. The van der Waals surface area contributed by atoms with Gasteiger partial charge in [0.25, 0.3) is 5.91 Å². The van der Waals surface area contributed by atoms with Crippen molar-refractivity contribution in [3.63, 3.8) is 0 Å². The van der Waals surface area contributed by atoms with Crippen molar-refractivity contribution in [2.24, 2.45) is 0 Å². The van der Waals surface area contributed by atoms with Crippen molar-refractivity contribution in [1.82, 2.24) is 15.2 Å². The van der Waals surface area contributed by atoms with Crippen LogP contribution in [0.1, 0.15) is 27.8 Å². The van der Waals surface area contributed by atoms with Gasteiger partial charge in [-0.3, -0.25) is 4.79 Å². The minimum atomic E-state index is -1.15. The molecule has 0 aliphatic carbocycles. The molecule has 6 nitrogen and oxygen atoms in total. The third-order valence-corrected chi connectivity index (χ3v) is 2.68. The summed E-state index contributed by atoms with van der Waals surface area (Å²) in [5.41, 5.74) is 0.164. The van der Waals surface area contributed by atoms with Gasteiger partial charge in [0, 0.05) is 24.3 Å². The number of hydrogen-bond acceptors (Lipinski definition) is 4. The molecule has 6 heteroatoms. The van der Waals surface area contributed by atoms with E-state index in [4.69, 9.17) is 5.11 Å². The Morgan fingerprint density at radius 3 is 2.72 bits per heavy atom. The molecule has 18 heavy (non-hydrogen) atoms. The minimum absolute atomic E-state index is 0.136. The number of hydrogen-bond donors (Lipinski definition) is 2. The first-order chi connectivity index (χ1) is 8.41. The highest BCUT2D eigenvalue weighted by Gasteiger charge is 2.12. The van der Waals surface area contributed by atoms with Gasteiger partial charge in [0.15, 0.2) is 0 Å². The van der Waals surface area contributed by atoms with Crippen molar-refractivity contribution >= 4 is 11.9 Å². The van der Waals surface area contributed by atoms with Gasteiger partial charge in [-0.1, -0.05) is 0 Å². The standard InChI is InChI=1S/C12H17N3O3/c1-8(15(2)3)7-14-11(16)9-4-5-13-10(6-9)12(17)18/h4-6,8H,7H2,1-3H3,(H,14,16)(H,17,18). The Balaban J connectivity index is 2.67. The second kappa shape index (κ2) is 6.11. The maximum absolute atomic E-state index is 11.8. The lowest BCUT2D eigenvalue weighted by Gasteiger charge is -2.19. The molecule has 1 heterocycles. The molecule has 2 N–H and O–H groups in total. The number of likely N-dealkylation sites (N-methyl/N-ethyl adjacent to an activating group) is 1. The van der Waals surface area contributed by atoms with E-state index in [0.717, 1.165) is 0 Å². The molecule has 98 valence electrons. The van der Waals surface area contributed by atoms with Crippen LogP contribution in [0.4, 0.5) is 0 Å². The molecule has 1 unspecified atom stereocenters. The normalized spacial score (nSPS) is 12.2. The summed E-state index contributed by atoms with van der Waals surface area (Å²) < 4.78 is 0. The van der Waals surface area contributed by atoms with Crippen molar-refractivity contribution in [3.8, 4) is 0 Å². The van der Waals surface area contributed by atoms with Gasteiger partial charge in [-0.25, -0.2) is 9.78 Å². The molecular formula is C12H17N3O3. The van der Waals surface area contributed by atoms with E-state index in [1.165, 1.54) is 18.3 Å². The first-order valence-corrected chi connectivity index (χ1v) is 5.55. The Morgan fingerprint density at radius 1 is 1.50 bits per heavy atom. The number of pyridine rings is 1. The van der Waals surface area contributed by atoms with Crippen LogP contribution < -0.4 is 5.32 Å². The van der Waals surface area contributed by atoms with Crippen molar-refractivity contribution in [2.75, 3.05) is 20.6 Å². The van der Waals surface area contributed by atoms with E-state index in [1.807, 2.05) is 25.9 Å². The van der Waals surface area contributed by atoms with Gasteiger partial charge in [0.05, 0.1) is 0 Å². The van der Waals surface area contributed by atoms with Gasteiger partial charge >= 0.3 is 5.97 Å². The van der Waals surface area contributed by atoms with Gasteiger partial charge in [-0.2, -0.15) is 0 Å². The Morgan fingerprint density at radius 2 is 2.17 bits per heavy atom. The van der Waals surface area contributed by atoms with E-state index in [2.05, 4.69) is 10.3 Å². The maximum Gasteiger partial charge on any atom is 0.354 e. The summed E-state index contributed by atoms with van der Waals surface area (Å²) in [6.45, 7) is 2.48. The molecule has 1 atom stereocenters. The van der Waals surface area contributed by atoms with Gasteiger partial charge in [-0.05, 0) is 33.2 Å². The summed E-state index contributed by atoms with van der Waals surface area (Å²) in [5.74, 6) is -1.44. The van der Waals surface area contributed by atoms with Crippen LogP contribution in [0, 0.1) is 0 Å². The smallest absolute Gasteiger partial charge is 0.354 e. The number of nitrogens with one attached hydrogen (secondary N) is 1. The molecule has 0 aliphatic rings. The van der Waals surface area contributed by atoms with Crippen molar-refractivity contribution in [2.45, 2.75) is 13.0 Å². The van der Waals surface area contributed by atoms with Crippen molar-refractivity contribution in [3.05, 3.63) is 29.6 Å². The molecule has 0 aliphatic heterocycles. The summed E-state index contributed by atoms with van der Waals surface area (Å²) in [4.78, 5) is 28.2. The van der Waals surface area contributed by atoms with E-state index in [9.17, 15) is 9.59 Å².